The number of rotatable bonds is 6. The molecule has 0 heterocycles. The van der Waals surface area contributed by atoms with Crippen molar-refractivity contribution in [3.8, 4) is 0 Å². The Morgan fingerprint density at radius 2 is 1.81 bits per heavy atom. The molecule has 0 saturated heterocycles. The average molecular weight is 398 g/mol. The second-order valence-corrected chi connectivity index (χ2v) is 6.55. The van der Waals surface area contributed by atoms with Gasteiger partial charge < -0.3 is 10.6 Å². The molecule has 26 heavy (non-hydrogen) atoms. The van der Waals surface area contributed by atoms with Crippen LogP contribution in [-0.2, 0) is 9.59 Å². The molecule has 0 aliphatic rings. The Kier molecular flexibility index (Phi) is 6.97. The minimum atomic E-state index is -0.644. The maximum absolute atomic E-state index is 13.6. The van der Waals surface area contributed by atoms with Crippen molar-refractivity contribution in [2.24, 2.45) is 0 Å². The van der Waals surface area contributed by atoms with Gasteiger partial charge in [0.05, 0.1) is 28.3 Å². The second-order valence-electron chi connectivity index (χ2n) is 5.74. The summed E-state index contributed by atoms with van der Waals surface area (Å²) in [4.78, 5) is 25.9. The summed E-state index contributed by atoms with van der Waals surface area (Å²) < 4.78 is 13.6. The molecule has 2 amide bonds. The maximum Gasteiger partial charge on any atom is 0.241 e. The van der Waals surface area contributed by atoms with Gasteiger partial charge in [-0.05, 0) is 44.3 Å². The number of carbonyl (C=O) groups is 2. The molecule has 2 rings (SSSR count). The van der Waals surface area contributed by atoms with E-state index in [1.54, 1.807) is 37.1 Å². The van der Waals surface area contributed by atoms with Crippen LogP contribution in [-0.4, -0.2) is 36.3 Å². The molecule has 0 spiro atoms. The van der Waals surface area contributed by atoms with E-state index in [4.69, 9.17) is 23.2 Å². The van der Waals surface area contributed by atoms with Crippen molar-refractivity contribution >= 4 is 46.4 Å². The molecule has 0 radical (unpaired) electrons. The maximum atomic E-state index is 13.6. The number of halogens is 3. The highest BCUT2D eigenvalue weighted by Crippen LogP contribution is 2.25. The first-order valence-corrected chi connectivity index (χ1v) is 8.54. The Morgan fingerprint density at radius 1 is 1.12 bits per heavy atom. The third kappa shape index (κ3) is 5.42. The number of benzene rings is 2. The first-order chi connectivity index (χ1) is 12.3. The fraction of sp³-hybridized carbons (Fsp3) is 0.222. The zero-order chi connectivity index (χ0) is 19.3. The number of nitrogens with zero attached hydrogens (tertiary/aromatic N) is 1. The smallest absolute Gasteiger partial charge is 0.241 e. The van der Waals surface area contributed by atoms with E-state index in [-0.39, 0.29) is 18.1 Å². The minimum absolute atomic E-state index is 0.0356. The summed E-state index contributed by atoms with van der Waals surface area (Å²) in [7, 11) is 1.63. The Hall–Kier alpha value is -2.15. The van der Waals surface area contributed by atoms with E-state index in [1.165, 1.54) is 24.3 Å². The Labute approximate surface area is 161 Å². The van der Waals surface area contributed by atoms with Crippen LogP contribution in [0.25, 0.3) is 0 Å². The Balaban J connectivity index is 1.91. The summed E-state index contributed by atoms with van der Waals surface area (Å²) in [5.41, 5.74) is 0.597. The molecule has 0 bridgehead atoms. The van der Waals surface area contributed by atoms with Crippen molar-refractivity contribution in [2.45, 2.75) is 13.0 Å². The molecular weight excluding hydrogens is 380 g/mol. The molecule has 0 fully saturated rings. The van der Waals surface area contributed by atoms with E-state index in [0.717, 1.165) is 0 Å². The lowest BCUT2D eigenvalue weighted by Gasteiger charge is -2.23. The van der Waals surface area contributed by atoms with Gasteiger partial charge in [0.15, 0.2) is 0 Å². The van der Waals surface area contributed by atoms with E-state index in [1.807, 2.05) is 0 Å². The van der Waals surface area contributed by atoms with Crippen LogP contribution in [0.1, 0.15) is 6.92 Å². The third-order valence-electron chi connectivity index (χ3n) is 3.77. The molecule has 1 atom stereocenters. The largest absolute Gasteiger partial charge is 0.325 e. The van der Waals surface area contributed by atoms with E-state index in [2.05, 4.69) is 10.6 Å². The number of hydrogen-bond acceptors (Lipinski definition) is 3. The number of likely N-dealkylation sites (N-methyl/N-ethyl adjacent to an activating group) is 1. The number of amides is 2. The van der Waals surface area contributed by atoms with Gasteiger partial charge in [-0.25, -0.2) is 4.39 Å². The molecule has 2 aromatic rings. The molecular formula is C18H18Cl2FN3O2. The standard InChI is InChI=1S/C18H18Cl2FN3O2/c1-11(18(26)23-16-6-4-3-5-15(16)21)24(2)10-17(25)22-12-7-8-13(19)14(20)9-12/h3-9,11H,10H2,1-2H3,(H,22,25)(H,23,26)/t11-/m1/s1. The molecule has 0 unspecified atom stereocenters. The van der Waals surface area contributed by atoms with Crippen LogP contribution in [0.5, 0.6) is 0 Å². The molecule has 2 N–H and O–H groups in total. The summed E-state index contributed by atoms with van der Waals surface area (Å²) in [5, 5.41) is 5.90. The van der Waals surface area contributed by atoms with Crippen molar-refractivity contribution in [1.82, 2.24) is 4.90 Å². The van der Waals surface area contributed by atoms with Gasteiger partial charge in [0.25, 0.3) is 0 Å². The van der Waals surface area contributed by atoms with Crippen molar-refractivity contribution in [1.29, 1.82) is 0 Å². The SMILES string of the molecule is C[C@H](C(=O)Nc1ccccc1F)N(C)CC(=O)Nc1ccc(Cl)c(Cl)c1. The lowest BCUT2D eigenvalue weighted by Crippen LogP contribution is -2.43. The predicted octanol–water partition coefficient (Wildman–Crippen LogP) is 4.03. The summed E-state index contributed by atoms with van der Waals surface area (Å²) in [5.74, 6) is -1.26. The molecule has 0 aromatic heterocycles. The second kappa shape index (κ2) is 8.98. The summed E-state index contributed by atoms with van der Waals surface area (Å²) in [6.07, 6.45) is 0. The quantitative estimate of drug-likeness (QED) is 0.773. The highest BCUT2D eigenvalue weighted by atomic mass is 35.5. The summed E-state index contributed by atoms with van der Waals surface area (Å²) in [6.45, 7) is 1.59. The van der Waals surface area contributed by atoms with Crippen molar-refractivity contribution in [3.63, 3.8) is 0 Å². The lowest BCUT2D eigenvalue weighted by molar-refractivity contribution is -0.122. The summed E-state index contributed by atoms with van der Waals surface area (Å²) >= 11 is 11.7. The molecule has 5 nitrogen and oxygen atoms in total. The number of anilines is 2. The Morgan fingerprint density at radius 3 is 2.46 bits per heavy atom. The molecule has 138 valence electrons. The van der Waals surface area contributed by atoms with Crippen molar-refractivity contribution < 1.29 is 14.0 Å². The lowest BCUT2D eigenvalue weighted by atomic mass is 10.2. The van der Waals surface area contributed by atoms with Crippen LogP contribution in [0.4, 0.5) is 15.8 Å². The first kappa shape index (κ1) is 20.2. The fourth-order valence-electron chi connectivity index (χ4n) is 2.14. The first-order valence-electron chi connectivity index (χ1n) is 7.78. The topological polar surface area (TPSA) is 61.4 Å². The van der Waals surface area contributed by atoms with Gasteiger partial charge >= 0.3 is 0 Å². The van der Waals surface area contributed by atoms with Gasteiger partial charge in [-0.3, -0.25) is 14.5 Å². The zero-order valence-corrected chi connectivity index (χ0v) is 15.7. The molecule has 2 aromatic carbocycles. The van der Waals surface area contributed by atoms with Crippen LogP contribution >= 0.6 is 23.2 Å². The van der Waals surface area contributed by atoms with Crippen LogP contribution < -0.4 is 10.6 Å². The fourth-order valence-corrected chi connectivity index (χ4v) is 2.44. The van der Waals surface area contributed by atoms with Gasteiger partial charge in [0.1, 0.15) is 5.82 Å². The normalized spacial score (nSPS) is 11.9. The highest BCUT2D eigenvalue weighted by molar-refractivity contribution is 6.42. The minimum Gasteiger partial charge on any atom is -0.325 e. The zero-order valence-electron chi connectivity index (χ0n) is 14.2. The summed E-state index contributed by atoms with van der Waals surface area (Å²) in [6, 6.07) is 9.98. The van der Waals surface area contributed by atoms with Gasteiger partial charge in [0, 0.05) is 5.69 Å². The number of hydrogen-bond donors (Lipinski definition) is 2. The van der Waals surface area contributed by atoms with Gasteiger partial charge in [-0.1, -0.05) is 35.3 Å². The highest BCUT2D eigenvalue weighted by Gasteiger charge is 2.21. The third-order valence-corrected chi connectivity index (χ3v) is 4.51. The molecule has 0 aliphatic carbocycles. The Bertz CT molecular complexity index is 817. The molecule has 0 saturated carbocycles. The van der Waals surface area contributed by atoms with Crippen LogP contribution in [0.15, 0.2) is 42.5 Å². The predicted molar refractivity (Wildman–Crippen MR) is 102 cm³/mol. The van der Waals surface area contributed by atoms with Gasteiger partial charge in [0.2, 0.25) is 11.8 Å². The van der Waals surface area contributed by atoms with Crippen LogP contribution in [0.3, 0.4) is 0 Å². The molecule has 8 heteroatoms. The number of nitrogens with one attached hydrogen (secondary N) is 2. The van der Waals surface area contributed by atoms with E-state index < -0.39 is 17.8 Å². The monoisotopic (exact) mass is 397 g/mol. The van der Waals surface area contributed by atoms with Crippen LogP contribution in [0, 0.1) is 5.82 Å². The van der Waals surface area contributed by atoms with Gasteiger partial charge in [-0.2, -0.15) is 0 Å². The van der Waals surface area contributed by atoms with E-state index >= 15 is 0 Å². The van der Waals surface area contributed by atoms with Crippen molar-refractivity contribution in [3.05, 3.63) is 58.3 Å². The van der Waals surface area contributed by atoms with Crippen LogP contribution in [0.2, 0.25) is 10.0 Å². The van der Waals surface area contributed by atoms with Gasteiger partial charge in [-0.15, -0.1) is 0 Å². The average Bonchev–Trinajstić information content (AvgIpc) is 2.59. The van der Waals surface area contributed by atoms with E-state index in [9.17, 15) is 14.0 Å². The van der Waals surface area contributed by atoms with E-state index in [0.29, 0.717) is 15.7 Å². The molecule has 0 aliphatic heterocycles. The number of carbonyl (C=O) groups excluding carboxylic acids is 2. The van der Waals surface area contributed by atoms with Crippen molar-refractivity contribution in [2.75, 3.05) is 24.2 Å². The number of para-hydroxylation sites is 1.